The third-order valence-electron chi connectivity index (χ3n) is 5.74. The molecule has 0 aliphatic carbocycles. The molecule has 168 valence electrons. The van der Waals surface area contributed by atoms with E-state index in [-0.39, 0.29) is 17.7 Å². The van der Waals surface area contributed by atoms with Gasteiger partial charge in [0.2, 0.25) is 5.88 Å². The maximum Gasteiger partial charge on any atom is 0.289 e. The molecule has 1 saturated heterocycles. The lowest BCUT2D eigenvalue weighted by atomic mass is 9.97. The highest BCUT2D eigenvalue weighted by Gasteiger charge is 2.28. The molecular formula is C24H22N4O4S. The van der Waals surface area contributed by atoms with Gasteiger partial charge in [-0.1, -0.05) is 18.2 Å². The highest BCUT2D eigenvalue weighted by molar-refractivity contribution is 7.10. The average Bonchev–Trinajstić information content (AvgIpc) is 3.52. The van der Waals surface area contributed by atoms with Gasteiger partial charge in [0.05, 0.1) is 12.1 Å². The highest BCUT2D eigenvalue weighted by Crippen LogP contribution is 2.32. The predicted molar refractivity (Wildman–Crippen MR) is 125 cm³/mol. The second-order valence-electron chi connectivity index (χ2n) is 7.80. The van der Waals surface area contributed by atoms with E-state index in [0.29, 0.717) is 41.7 Å². The monoisotopic (exact) mass is 462 g/mol. The van der Waals surface area contributed by atoms with E-state index in [1.807, 2.05) is 29.2 Å². The summed E-state index contributed by atoms with van der Waals surface area (Å²) in [7, 11) is 1.50. The molecule has 1 N–H and O–H groups in total. The van der Waals surface area contributed by atoms with Crippen LogP contribution in [0.5, 0.6) is 5.88 Å². The number of nitrogens with one attached hydrogen (secondary N) is 1. The molecule has 0 radical (unpaired) electrons. The molecule has 9 heteroatoms. The molecule has 1 aliphatic rings. The first-order valence-corrected chi connectivity index (χ1v) is 11.5. The van der Waals surface area contributed by atoms with Gasteiger partial charge >= 0.3 is 0 Å². The molecule has 8 nitrogen and oxygen atoms in total. The van der Waals surface area contributed by atoms with Crippen LogP contribution in [0.3, 0.4) is 0 Å². The summed E-state index contributed by atoms with van der Waals surface area (Å²) in [5, 5.41) is 6.40. The number of pyridine rings is 1. The van der Waals surface area contributed by atoms with Crippen molar-refractivity contribution in [2.45, 2.75) is 18.8 Å². The number of aromatic nitrogens is 2. The van der Waals surface area contributed by atoms with Crippen LogP contribution < -0.4 is 10.1 Å². The van der Waals surface area contributed by atoms with Gasteiger partial charge in [-0.25, -0.2) is 9.97 Å². The second kappa shape index (κ2) is 9.03. The number of carbonyl (C=O) groups excluding carboxylic acids is 2. The van der Waals surface area contributed by atoms with Crippen LogP contribution >= 0.6 is 11.3 Å². The summed E-state index contributed by atoms with van der Waals surface area (Å²) >= 11 is 1.47. The van der Waals surface area contributed by atoms with Gasteiger partial charge in [0.25, 0.3) is 11.8 Å². The number of fused-ring (bicyclic) bond motifs is 1. The summed E-state index contributed by atoms with van der Waals surface area (Å²) in [4.78, 5) is 36.0. The van der Waals surface area contributed by atoms with Crippen molar-refractivity contribution in [3.05, 3.63) is 70.5 Å². The van der Waals surface area contributed by atoms with Gasteiger partial charge in [-0.05, 0) is 37.1 Å². The van der Waals surface area contributed by atoms with Crippen LogP contribution in [0.2, 0.25) is 0 Å². The quantitative estimate of drug-likeness (QED) is 0.467. The molecule has 33 heavy (non-hydrogen) atoms. The van der Waals surface area contributed by atoms with Crippen molar-refractivity contribution in [3.8, 4) is 5.88 Å². The standard InChI is InChI=1S/C24H22N4O4S/c1-31-22-17(6-4-10-25-22)26-21(29)18-14-33-23(27-18)15-8-11-28(12-9-15)24(30)20-13-16-5-2-3-7-19(16)32-20/h2-7,10,13-15H,8-9,11-12H2,1H3,(H,26,29). The van der Waals surface area contributed by atoms with E-state index < -0.39 is 0 Å². The number of ether oxygens (including phenoxy) is 1. The first-order chi connectivity index (χ1) is 16.1. The van der Waals surface area contributed by atoms with E-state index in [1.54, 1.807) is 29.8 Å². The SMILES string of the molecule is COc1ncccc1NC(=O)c1csc(C2CCN(C(=O)c3cc4ccccc4o3)CC2)n1. The molecule has 4 aromatic rings. The number of benzene rings is 1. The number of para-hydroxylation sites is 1. The predicted octanol–water partition coefficient (Wildman–Crippen LogP) is 4.57. The number of furan rings is 1. The first-order valence-electron chi connectivity index (χ1n) is 10.7. The Morgan fingerprint density at radius 2 is 2.00 bits per heavy atom. The number of amides is 2. The minimum Gasteiger partial charge on any atom is -0.480 e. The molecule has 0 unspecified atom stereocenters. The minimum absolute atomic E-state index is 0.0886. The van der Waals surface area contributed by atoms with Crippen LogP contribution in [0.4, 0.5) is 5.69 Å². The van der Waals surface area contributed by atoms with Crippen molar-refractivity contribution < 1.29 is 18.7 Å². The molecule has 4 heterocycles. The Morgan fingerprint density at radius 3 is 2.79 bits per heavy atom. The number of nitrogens with zero attached hydrogens (tertiary/aromatic N) is 3. The normalized spacial score (nSPS) is 14.4. The maximum atomic E-state index is 12.9. The fourth-order valence-corrected chi connectivity index (χ4v) is 4.96. The Kier molecular flexibility index (Phi) is 5.78. The van der Waals surface area contributed by atoms with Crippen molar-refractivity contribution in [3.63, 3.8) is 0 Å². The van der Waals surface area contributed by atoms with Crippen molar-refractivity contribution >= 4 is 39.8 Å². The van der Waals surface area contributed by atoms with Crippen molar-refractivity contribution in [2.75, 3.05) is 25.5 Å². The molecule has 1 aliphatic heterocycles. The van der Waals surface area contributed by atoms with Crippen LogP contribution in [-0.2, 0) is 0 Å². The number of anilines is 1. The number of piperidine rings is 1. The molecule has 3 aromatic heterocycles. The summed E-state index contributed by atoms with van der Waals surface area (Å²) in [5.74, 6) is 0.538. The van der Waals surface area contributed by atoms with E-state index in [1.165, 1.54) is 18.4 Å². The Hall–Kier alpha value is -3.72. The lowest BCUT2D eigenvalue weighted by Crippen LogP contribution is -2.37. The second-order valence-corrected chi connectivity index (χ2v) is 8.69. The largest absolute Gasteiger partial charge is 0.480 e. The van der Waals surface area contributed by atoms with Crippen LogP contribution in [0.1, 0.15) is 44.8 Å². The van der Waals surface area contributed by atoms with E-state index in [9.17, 15) is 9.59 Å². The molecule has 2 amide bonds. The topological polar surface area (TPSA) is 97.6 Å². The molecule has 5 rings (SSSR count). The fourth-order valence-electron chi connectivity index (χ4n) is 3.99. The number of rotatable bonds is 5. The average molecular weight is 463 g/mol. The zero-order valence-corrected chi connectivity index (χ0v) is 18.8. The van der Waals surface area contributed by atoms with Gasteiger partial charge in [0, 0.05) is 36.0 Å². The number of thiazole rings is 1. The van der Waals surface area contributed by atoms with E-state index in [4.69, 9.17) is 9.15 Å². The number of carbonyl (C=O) groups is 2. The third-order valence-corrected chi connectivity index (χ3v) is 6.74. The number of hydrogen-bond donors (Lipinski definition) is 1. The van der Waals surface area contributed by atoms with Gasteiger partial charge in [-0.2, -0.15) is 0 Å². The van der Waals surface area contributed by atoms with Gasteiger partial charge in [0.1, 0.15) is 17.0 Å². The van der Waals surface area contributed by atoms with Gasteiger partial charge in [-0.3, -0.25) is 9.59 Å². The summed E-state index contributed by atoms with van der Waals surface area (Å²) < 4.78 is 10.9. The Labute approximate surface area is 194 Å². The summed E-state index contributed by atoms with van der Waals surface area (Å²) in [6, 6.07) is 12.9. The first kappa shape index (κ1) is 21.1. The van der Waals surface area contributed by atoms with E-state index in [0.717, 1.165) is 23.2 Å². The van der Waals surface area contributed by atoms with Crippen molar-refractivity contribution in [2.24, 2.45) is 0 Å². The molecular weight excluding hydrogens is 440 g/mol. The van der Waals surface area contributed by atoms with Gasteiger partial charge < -0.3 is 19.4 Å². The number of likely N-dealkylation sites (tertiary alicyclic amines) is 1. The Morgan fingerprint density at radius 1 is 1.18 bits per heavy atom. The molecule has 0 atom stereocenters. The van der Waals surface area contributed by atoms with Crippen LogP contribution in [-0.4, -0.2) is 46.9 Å². The van der Waals surface area contributed by atoms with E-state index in [2.05, 4.69) is 15.3 Å². The highest BCUT2D eigenvalue weighted by atomic mass is 32.1. The summed E-state index contributed by atoms with van der Waals surface area (Å²) in [6.07, 6.45) is 3.18. The lowest BCUT2D eigenvalue weighted by molar-refractivity contribution is 0.0683. The van der Waals surface area contributed by atoms with Gasteiger partial charge in [-0.15, -0.1) is 11.3 Å². The molecule has 0 spiro atoms. The smallest absolute Gasteiger partial charge is 0.289 e. The Balaban J connectivity index is 1.21. The Bertz CT molecular complexity index is 1270. The van der Waals surface area contributed by atoms with Crippen LogP contribution in [0, 0.1) is 0 Å². The van der Waals surface area contributed by atoms with Crippen LogP contribution in [0.15, 0.2) is 58.5 Å². The maximum absolute atomic E-state index is 12.9. The van der Waals surface area contributed by atoms with Crippen molar-refractivity contribution in [1.29, 1.82) is 0 Å². The summed E-state index contributed by atoms with van der Waals surface area (Å²) in [6.45, 7) is 1.24. The zero-order valence-electron chi connectivity index (χ0n) is 18.0. The number of methoxy groups -OCH3 is 1. The fraction of sp³-hybridized carbons (Fsp3) is 0.250. The molecule has 0 bridgehead atoms. The number of hydrogen-bond acceptors (Lipinski definition) is 7. The van der Waals surface area contributed by atoms with Crippen molar-refractivity contribution in [1.82, 2.24) is 14.9 Å². The molecule has 1 fully saturated rings. The molecule has 0 saturated carbocycles. The molecule has 1 aromatic carbocycles. The van der Waals surface area contributed by atoms with Crippen LogP contribution in [0.25, 0.3) is 11.0 Å². The minimum atomic E-state index is -0.304. The summed E-state index contributed by atoms with van der Waals surface area (Å²) in [5.41, 5.74) is 1.58. The van der Waals surface area contributed by atoms with E-state index >= 15 is 0 Å². The third kappa shape index (κ3) is 4.31. The van der Waals surface area contributed by atoms with Gasteiger partial charge in [0.15, 0.2) is 5.76 Å². The zero-order chi connectivity index (χ0) is 22.8. The lowest BCUT2D eigenvalue weighted by Gasteiger charge is -2.30.